The molecular weight excluding hydrogens is 271 g/mol. The summed E-state index contributed by atoms with van der Waals surface area (Å²) in [6.45, 7) is 4.49. The zero-order valence-corrected chi connectivity index (χ0v) is 11.7. The van der Waals surface area contributed by atoms with Crippen molar-refractivity contribution in [2.24, 2.45) is 5.92 Å². The number of halogens is 2. The predicted molar refractivity (Wildman–Crippen MR) is 71.9 cm³/mol. The highest BCUT2D eigenvalue weighted by Gasteiger charge is 2.16. The van der Waals surface area contributed by atoms with Crippen molar-refractivity contribution in [1.29, 1.82) is 0 Å². The van der Waals surface area contributed by atoms with Crippen molar-refractivity contribution in [3.8, 4) is 0 Å². The molecule has 0 aromatic heterocycles. The maximum atomic E-state index is 6.14. The van der Waals surface area contributed by atoms with Gasteiger partial charge in [-0.1, -0.05) is 72.4 Å². The summed E-state index contributed by atoms with van der Waals surface area (Å²) in [5, 5.41) is 0.882. The monoisotopic (exact) mass is 288 g/mol. The van der Waals surface area contributed by atoms with Crippen molar-refractivity contribution >= 4 is 27.5 Å². The Morgan fingerprint density at radius 2 is 1.80 bits per heavy atom. The van der Waals surface area contributed by atoms with Gasteiger partial charge in [0.1, 0.15) is 0 Å². The third kappa shape index (κ3) is 3.81. The van der Waals surface area contributed by atoms with Crippen LogP contribution in [0.1, 0.15) is 32.3 Å². The molecule has 15 heavy (non-hydrogen) atoms. The van der Waals surface area contributed by atoms with E-state index in [1.54, 1.807) is 0 Å². The highest BCUT2D eigenvalue weighted by molar-refractivity contribution is 9.09. The Bertz CT molecular complexity index is 294. The van der Waals surface area contributed by atoms with Gasteiger partial charge in [-0.3, -0.25) is 0 Å². The average Bonchev–Trinajstić information content (AvgIpc) is 2.23. The molecule has 0 aliphatic carbocycles. The van der Waals surface area contributed by atoms with Crippen LogP contribution in [-0.4, -0.2) is 4.83 Å². The van der Waals surface area contributed by atoms with Crippen molar-refractivity contribution in [1.82, 2.24) is 0 Å². The lowest BCUT2D eigenvalue weighted by molar-refractivity contribution is 0.475. The van der Waals surface area contributed by atoms with E-state index in [9.17, 15) is 0 Å². The highest BCUT2D eigenvalue weighted by Crippen LogP contribution is 2.26. The summed E-state index contributed by atoms with van der Waals surface area (Å²) in [4.78, 5) is 0.535. The van der Waals surface area contributed by atoms with Crippen LogP contribution in [0.5, 0.6) is 0 Å². The van der Waals surface area contributed by atoms with Gasteiger partial charge in [0.25, 0.3) is 0 Å². The quantitative estimate of drug-likeness (QED) is 0.663. The van der Waals surface area contributed by atoms with Crippen molar-refractivity contribution in [3.63, 3.8) is 0 Å². The second kappa shape index (κ2) is 6.55. The molecule has 1 aromatic carbocycles. The molecule has 1 aromatic rings. The molecule has 0 fully saturated rings. The van der Waals surface area contributed by atoms with Gasteiger partial charge in [0.2, 0.25) is 0 Å². The molecule has 0 saturated heterocycles. The molecule has 0 aliphatic rings. The first-order valence-electron chi connectivity index (χ1n) is 5.56. The third-order valence-electron chi connectivity index (χ3n) is 2.93. The molecule has 1 rings (SSSR count). The Morgan fingerprint density at radius 1 is 1.20 bits per heavy atom. The number of hydrogen-bond acceptors (Lipinski definition) is 0. The summed E-state index contributed by atoms with van der Waals surface area (Å²) in [6, 6.07) is 8.10. The van der Waals surface area contributed by atoms with E-state index >= 15 is 0 Å². The average molecular weight is 290 g/mol. The van der Waals surface area contributed by atoms with Crippen LogP contribution in [0.25, 0.3) is 0 Å². The van der Waals surface area contributed by atoms with Crippen molar-refractivity contribution in [2.45, 2.75) is 37.9 Å². The molecule has 0 heterocycles. The zero-order valence-electron chi connectivity index (χ0n) is 9.34. The van der Waals surface area contributed by atoms with Crippen LogP contribution in [0.15, 0.2) is 24.3 Å². The number of rotatable bonds is 5. The molecule has 0 bridgehead atoms. The maximum absolute atomic E-state index is 6.14. The fourth-order valence-corrected chi connectivity index (χ4v) is 3.15. The van der Waals surface area contributed by atoms with Crippen LogP contribution >= 0.6 is 27.5 Å². The van der Waals surface area contributed by atoms with E-state index in [0.29, 0.717) is 4.83 Å². The van der Waals surface area contributed by atoms with Crippen LogP contribution in [-0.2, 0) is 6.42 Å². The SMILES string of the molecule is CCC(CC)C(Br)Cc1ccccc1Cl. The Labute approximate surface area is 106 Å². The van der Waals surface area contributed by atoms with Crippen molar-refractivity contribution in [3.05, 3.63) is 34.9 Å². The van der Waals surface area contributed by atoms with E-state index in [1.807, 2.05) is 18.2 Å². The lowest BCUT2D eigenvalue weighted by Gasteiger charge is -2.19. The lowest BCUT2D eigenvalue weighted by atomic mass is 9.95. The Kier molecular flexibility index (Phi) is 5.70. The molecule has 0 spiro atoms. The molecule has 2 heteroatoms. The van der Waals surface area contributed by atoms with Crippen LogP contribution in [0.3, 0.4) is 0 Å². The van der Waals surface area contributed by atoms with Crippen LogP contribution in [0, 0.1) is 5.92 Å². The van der Waals surface area contributed by atoms with Gasteiger partial charge in [0.05, 0.1) is 0 Å². The lowest BCUT2D eigenvalue weighted by Crippen LogP contribution is -2.15. The number of alkyl halides is 1. The Hall–Kier alpha value is -0.0100. The first-order valence-corrected chi connectivity index (χ1v) is 6.85. The van der Waals surface area contributed by atoms with E-state index in [1.165, 1.54) is 18.4 Å². The minimum atomic E-state index is 0.535. The van der Waals surface area contributed by atoms with Gasteiger partial charge in [-0.25, -0.2) is 0 Å². The summed E-state index contributed by atoms with van der Waals surface area (Å²) >= 11 is 9.92. The summed E-state index contributed by atoms with van der Waals surface area (Å²) in [5.41, 5.74) is 1.24. The van der Waals surface area contributed by atoms with Gasteiger partial charge < -0.3 is 0 Å². The molecule has 0 N–H and O–H groups in total. The normalized spacial score (nSPS) is 13.1. The standard InChI is InChI=1S/C13H18BrCl/c1-3-10(4-2)12(14)9-11-7-5-6-8-13(11)15/h5-8,10,12H,3-4,9H2,1-2H3. The second-order valence-electron chi connectivity index (χ2n) is 3.89. The van der Waals surface area contributed by atoms with Gasteiger partial charge in [-0.05, 0) is 24.0 Å². The van der Waals surface area contributed by atoms with Gasteiger partial charge >= 0.3 is 0 Å². The first kappa shape index (κ1) is 13.1. The molecule has 0 nitrogen and oxygen atoms in total. The van der Waals surface area contributed by atoms with E-state index in [2.05, 4.69) is 35.8 Å². The van der Waals surface area contributed by atoms with Crippen molar-refractivity contribution < 1.29 is 0 Å². The molecule has 1 unspecified atom stereocenters. The van der Waals surface area contributed by atoms with Gasteiger partial charge in [0.15, 0.2) is 0 Å². The van der Waals surface area contributed by atoms with Crippen LogP contribution in [0.2, 0.25) is 5.02 Å². The maximum Gasteiger partial charge on any atom is 0.0438 e. The molecule has 0 radical (unpaired) electrons. The van der Waals surface area contributed by atoms with Crippen LogP contribution in [0.4, 0.5) is 0 Å². The van der Waals surface area contributed by atoms with E-state index in [0.717, 1.165) is 17.4 Å². The molecule has 0 amide bonds. The predicted octanol–water partition coefficient (Wildman–Crippen LogP) is 5.08. The molecule has 84 valence electrons. The van der Waals surface area contributed by atoms with Crippen LogP contribution < -0.4 is 0 Å². The third-order valence-corrected chi connectivity index (χ3v) is 4.37. The summed E-state index contributed by atoms with van der Waals surface area (Å²) in [5.74, 6) is 0.737. The highest BCUT2D eigenvalue weighted by atomic mass is 79.9. The van der Waals surface area contributed by atoms with Gasteiger partial charge in [0, 0.05) is 9.85 Å². The smallest absolute Gasteiger partial charge is 0.0438 e. The fourth-order valence-electron chi connectivity index (χ4n) is 1.84. The number of benzene rings is 1. The van der Waals surface area contributed by atoms with E-state index in [-0.39, 0.29) is 0 Å². The minimum Gasteiger partial charge on any atom is -0.0884 e. The second-order valence-corrected chi connectivity index (χ2v) is 5.47. The minimum absolute atomic E-state index is 0.535. The van der Waals surface area contributed by atoms with Crippen molar-refractivity contribution in [2.75, 3.05) is 0 Å². The summed E-state index contributed by atoms with van der Waals surface area (Å²) in [6.07, 6.45) is 3.46. The Morgan fingerprint density at radius 3 is 2.33 bits per heavy atom. The van der Waals surface area contributed by atoms with E-state index < -0.39 is 0 Å². The molecular formula is C13H18BrCl. The number of hydrogen-bond donors (Lipinski definition) is 0. The molecule has 0 saturated carbocycles. The Balaban J connectivity index is 2.65. The van der Waals surface area contributed by atoms with Gasteiger partial charge in [-0.15, -0.1) is 0 Å². The zero-order chi connectivity index (χ0) is 11.3. The fraction of sp³-hybridized carbons (Fsp3) is 0.538. The van der Waals surface area contributed by atoms with Gasteiger partial charge in [-0.2, -0.15) is 0 Å². The largest absolute Gasteiger partial charge is 0.0884 e. The molecule has 0 aliphatic heterocycles. The topological polar surface area (TPSA) is 0 Å². The molecule has 1 atom stereocenters. The first-order chi connectivity index (χ1) is 7.19. The summed E-state index contributed by atoms with van der Waals surface area (Å²) < 4.78 is 0. The summed E-state index contributed by atoms with van der Waals surface area (Å²) in [7, 11) is 0. The van der Waals surface area contributed by atoms with E-state index in [4.69, 9.17) is 11.6 Å².